The van der Waals surface area contributed by atoms with Gasteiger partial charge >= 0.3 is 0 Å². The summed E-state index contributed by atoms with van der Waals surface area (Å²) in [5, 5.41) is 17.0. The number of aromatic nitrogens is 2. The van der Waals surface area contributed by atoms with E-state index in [0.29, 0.717) is 25.9 Å². The van der Waals surface area contributed by atoms with Crippen molar-refractivity contribution >= 4 is 10.0 Å². The van der Waals surface area contributed by atoms with E-state index in [2.05, 4.69) is 10.2 Å². The number of alkyl halides is 2. The Balaban J connectivity index is 1.61. The SMILES string of the molecule is O=S(=O)(c1cn[nH]c1)N1CCCC(O)(CN2CCC(F)(F)CC2)CC1. The Morgan fingerprint density at radius 2 is 1.88 bits per heavy atom. The molecule has 25 heavy (non-hydrogen) atoms. The summed E-state index contributed by atoms with van der Waals surface area (Å²) in [5.41, 5.74) is -1.05. The quantitative estimate of drug-likeness (QED) is 0.817. The van der Waals surface area contributed by atoms with E-state index in [-0.39, 0.29) is 43.8 Å². The maximum atomic E-state index is 13.3. The summed E-state index contributed by atoms with van der Waals surface area (Å²) < 4.78 is 53.0. The number of halogens is 2. The van der Waals surface area contributed by atoms with Crippen LogP contribution in [0.3, 0.4) is 0 Å². The maximum absolute atomic E-state index is 13.3. The molecule has 0 aromatic carbocycles. The molecule has 2 aliphatic rings. The van der Waals surface area contributed by atoms with Gasteiger partial charge in [-0.2, -0.15) is 9.40 Å². The summed E-state index contributed by atoms with van der Waals surface area (Å²) >= 11 is 0. The largest absolute Gasteiger partial charge is 0.389 e. The molecular weight excluding hydrogens is 354 g/mol. The molecule has 1 atom stereocenters. The first-order valence-corrected chi connectivity index (χ1v) is 9.96. The van der Waals surface area contributed by atoms with Crippen LogP contribution < -0.4 is 0 Å². The number of nitrogens with zero attached hydrogens (tertiary/aromatic N) is 3. The molecule has 1 aromatic rings. The molecule has 2 aliphatic heterocycles. The van der Waals surface area contributed by atoms with Gasteiger partial charge in [-0.3, -0.25) is 5.10 Å². The molecule has 0 bridgehead atoms. The average molecular weight is 378 g/mol. The molecule has 1 unspecified atom stereocenters. The van der Waals surface area contributed by atoms with Gasteiger partial charge in [-0.25, -0.2) is 17.2 Å². The Hall–Kier alpha value is -1.10. The summed E-state index contributed by atoms with van der Waals surface area (Å²) in [6, 6.07) is 0. The van der Waals surface area contributed by atoms with E-state index in [1.54, 1.807) is 0 Å². The van der Waals surface area contributed by atoms with Crippen LogP contribution in [0.4, 0.5) is 8.78 Å². The Morgan fingerprint density at radius 3 is 2.52 bits per heavy atom. The first-order chi connectivity index (χ1) is 11.7. The van der Waals surface area contributed by atoms with Crippen molar-refractivity contribution in [3.63, 3.8) is 0 Å². The number of H-pyrrole nitrogens is 1. The normalized spacial score (nSPS) is 29.4. The van der Waals surface area contributed by atoms with E-state index in [9.17, 15) is 22.3 Å². The molecular formula is C15H24F2N4O3S. The van der Waals surface area contributed by atoms with E-state index in [1.807, 2.05) is 4.90 Å². The summed E-state index contributed by atoms with van der Waals surface area (Å²) in [6.45, 7) is 1.35. The van der Waals surface area contributed by atoms with Gasteiger partial charge in [0.15, 0.2) is 0 Å². The number of nitrogens with one attached hydrogen (secondary N) is 1. The zero-order valence-corrected chi connectivity index (χ0v) is 14.8. The van der Waals surface area contributed by atoms with Crippen molar-refractivity contribution in [3.8, 4) is 0 Å². The third kappa shape index (κ3) is 4.36. The van der Waals surface area contributed by atoms with E-state index in [1.165, 1.54) is 16.7 Å². The number of β-amino-alcohol motifs (C(OH)–C–C–N with tert-alkyl or cyclic N) is 1. The van der Waals surface area contributed by atoms with Crippen LogP contribution >= 0.6 is 0 Å². The molecule has 0 saturated carbocycles. The molecule has 1 aromatic heterocycles. The number of sulfonamides is 1. The van der Waals surface area contributed by atoms with Gasteiger partial charge in [0.05, 0.1) is 11.8 Å². The smallest absolute Gasteiger partial charge is 0.250 e. The van der Waals surface area contributed by atoms with E-state index in [0.717, 1.165) is 0 Å². The number of likely N-dealkylation sites (tertiary alicyclic amines) is 1. The van der Waals surface area contributed by atoms with Crippen molar-refractivity contribution in [2.75, 3.05) is 32.7 Å². The maximum Gasteiger partial charge on any atom is 0.250 e. The van der Waals surface area contributed by atoms with Crippen molar-refractivity contribution < 1.29 is 22.3 Å². The van der Waals surface area contributed by atoms with Crippen molar-refractivity contribution in [2.24, 2.45) is 0 Å². The van der Waals surface area contributed by atoms with E-state index >= 15 is 0 Å². The minimum absolute atomic E-state index is 0.108. The Morgan fingerprint density at radius 1 is 1.16 bits per heavy atom. The third-order valence-electron chi connectivity index (χ3n) is 5.09. The lowest BCUT2D eigenvalue weighted by Crippen LogP contribution is -2.48. The van der Waals surface area contributed by atoms with Crippen LogP contribution in [0.2, 0.25) is 0 Å². The Kier molecular flexibility index (Phi) is 5.16. The fraction of sp³-hybridized carbons (Fsp3) is 0.800. The molecule has 0 amide bonds. The average Bonchev–Trinajstić information content (AvgIpc) is 3.01. The zero-order chi connectivity index (χ0) is 18.1. The minimum atomic E-state index is -3.63. The zero-order valence-electron chi connectivity index (χ0n) is 14.0. The van der Waals surface area contributed by atoms with Gasteiger partial charge in [-0.15, -0.1) is 0 Å². The van der Waals surface area contributed by atoms with E-state index < -0.39 is 21.5 Å². The standard InChI is InChI=1S/C15H24F2N4O3S/c16-15(17)4-7-20(8-5-15)12-14(22)2-1-6-21(9-3-14)25(23,24)13-10-18-19-11-13/h10-11,22H,1-9,12H2,(H,18,19). The van der Waals surface area contributed by atoms with Crippen LogP contribution in [0.1, 0.15) is 32.1 Å². The highest BCUT2D eigenvalue weighted by Crippen LogP contribution is 2.31. The molecule has 0 aliphatic carbocycles. The molecule has 0 radical (unpaired) electrons. The van der Waals surface area contributed by atoms with Crippen LogP contribution in [-0.4, -0.2) is 77.2 Å². The van der Waals surface area contributed by atoms with Crippen molar-refractivity contribution in [3.05, 3.63) is 12.4 Å². The molecule has 10 heteroatoms. The molecule has 7 nitrogen and oxygen atoms in total. The monoisotopic (exact) mass is 378 g/mol. The van der Waals surface area contributed by atoms with Gasteiger partial charge in [-0.1, -0.05) is 0 Å². The minimum Gasteiger partial charge on any atom is -0.389 e. The molecule has 3 heterocycles. The second-order valence-electron chi connectivity index (χ2n) is 7.05. The van der Waals surface area contributed by atoms with Gasteiger partial charge in [0.2, 0.25) is 10.0 Å². The summed E-state index contributed by atoms with van der Waals surface area (Å²) in [6.07, 6.45) is 3.49. The van der Waals surface area contributed by atoms with E-state index in [4.69, 9.17) is 0 Å². The second kappa shape index (κ2) is 6.90. The van der Waals surface area contributed by atoms with Crippen molar-refractivity contribution in [1.82, 2.24) is 19.4 Å². The van der Waals surface area contributed by atoms with Crippen molar-refractivity contribution in [2.45, 2.75) is 48.5 Å². The number of aromatic amines is 1. The molecule has 0 spiro atoms. The molecule has 2 N–H and O–H groups in total. The highest BCUT2D eigenvalue weighted by Gasteiger charge is 2.39. The van der Waals surface area contributed by atoms with Crippen LogP contribution in [0, 0.1) is 0 Å². The lowest BCUT2D eigenvalue weighted by molar-refractivity contribution is -0.0766. The Labute approximate surface area is 146 Å². The number of hydrogen-bond donors (Lipinski definition) is 2. The first-order valence-electron chi connectivity index (χ1n) is 8.52. The number of hydrogen-bond acceptors (Lipinski definition) is 5. The number of aliphatic hydroxyl groups is 1. The van der Waals surface area contributed by atoms with Crippen molar-refractivity contribution in [1.29, 1.82) is 0 Å². The van der Waals surface area contributed by atoms with Gasteiger partial charge in [-0.05, 0) is 19.3 Å². The predicted octanol–water partition coefficient (Wildman–Crippen LogP) is 1.05. The van der Waals surface area contributed by atoms with Gasteiger partial charge in [0.25, 0.3) is 5.92 Å². The van der Waals surface area contributed by atoms with Gasteiger partial charge in [0, 0.05) is 51.8 Å². The highest BCUT2D eigenvalue weighted by molar-refractivity contribution is 7.89. The second-order valence-corrected chi connectivity index (χ2v) is 8.99. The van der Waals surface area contributed by atoms with Crippen LogP contribution in [0.25, 0.3) is 0 Å². The summed E-state index contributed by atoms with van der Waals surface area (Å²) in [4.78, 5) is 1.97. The lowest BCUT2D eigenvalue weighted by Gasteiger charge is -2.37. The third-order valence-corrected chi connectivity index (χ3v) is 6.96. The van der Waals surface area contributed by atoms with Gasteiger partial charge in [0.1, 0.15) is 4.90 Å². The molecule has 2 fully saturated rings. The topological polar surface area (TPSA) is 89.5 Å². The van der Waals surface area contributed by atoms with Crippen LogP contribution in [0.15, 0.2) is 17.3 Å². The highest BCUT2D eigenvalue weighted by atomic mass is 32.2. The fourth-order valence-electron chi connectivity index (χ4n) is 3.54. The Bertz CT molecular complexity index is 673. The number of rotatable bonds is 4. The molecule has 2 saturated heterocycles. The lowest BCUT2D eigenvalue weighted by atomic mass is 9.93. The van der Waals surface area contributed by atoms with Crippen LogP contribution in [-0.2, 0) is 10.0 Å². The summed E-state index contributed by atoms with van der Waals surface area (Å²) in [7, 11) is -3.63. The number of piperidine rings is 1. The summed E-state index contributed by atoms with van der Waals surface area (Å²) in [5.74, 6) is -2.61. The first kappa shape index (κ1) is 18.7. The van der Waals surface area contributed by atoms with Gasteiger partial charge < -0.3 is 10.0 Å². The van der Waals surface area contributed by atoms with Crippen LogP contribution in [0.5, 0.6) is 0 Å². The fourth-order valence-corrected chi connectivity index (χ4v) is 4.92. The molecule has 142 valence electrons. The predicted molar refractivity (Wildman–Crippen MR) is 86.8 cm³/mol. The molecule has 3 rings (SSSR count).